The number of hydrogen-bond donors (Lipinski definition) is 1. The van der Waals surface area contributed by atoms with Crippen molar-refractivity contribution in [3.05, 3.63) is 102 Å². The highest BCUT2D eigenvalue weighted by atomic mass is 35.5. The zero-order valence-electron chi connectivity index (χ0n) is 11.4. The van der Waals surface area contributed by atoms with E-state index in [1.807, 2.05) is 72.8 Å². The van der Waals surface area contributed by atoms with Gasteiger partial charge in [0.1, 0.15) is 10.6 Å². The molecule has 0 heterocycles. The fourth-order valence-corrected chi connectivity index (χ4v) is 2.90. The smallest absolute Gasteiger partial charge is 0.119 e. The molecule has 21 heavy (non-hydrogen) atoms. The lowest BCUT2D eigenvalue weighted by atomic mass is 9.84. The fourth-order valence-electron chi connectivity index (χ4n) is 2.53. The van der Waals surface area contributed by atoms with E-state index < -0.39 is 4.87 Å². The van der Waals surface area contributed by atoms with E-state index in [0.29, 0.717) is 0 Å². The van der Waals surface area contributed by atoms with Crippen LogP contribution >= 0.6 is 11.6 Å². The van der Waals surface area contributed by atoms with E-state index in [2.05, 4.69) is 0 Å². The van der Waals surface area contributed by atoms with Gasteiger partial charge in [-0.1, -0.05) is 72.8 Å². The van der Waals surface area contributed by atoms with Gasteiger partial charge >= 0.3 is 0 Å². The lowest BCUT2D eigenvalue weighted by Crippen LogP contribution is -2.22. The molecule has 0 aliphatic rings. The van der Waals surface area contributed by atoms with Crippen LogP contribution in [0.1, 0.15) is 16.7 Å². The van der Waals surface area contributed by atoms with Crippen molar-refractivity contribution < 1.29 is 5.11 Å². The predicted octanol–water partition coefficient (Wildman–Crippen LogP) is 4.92. The molecule has 0 bridgehead atoms. The van der Waals surface area contributed by atoms with Crippen LogP contribution in [0.3, 0.4) is 0 Å². The first-order chi connectivity index (χ1) is 10.2. The second kappa shape index (κ2) is 5.63. The summed E-state index contributed by atoms with van der Waals surface area (Å²) in [6.07, 6.45) is 0. The van der Waals surface area contributed by atoms with Gasteiger partial charge in [0.2, 0.25) is 0 Å². The van der Waals surface area contributed by atoms with Crippen molar-refractivity contribution in [1.29, 1.82) is 0 Å². The summed E-state index contributed by atoms with van der Waals surface area (Å²) in [5.41, 5.74) is 2.94. The Labute approximate surface area is 129 Å². The number of halogens is 1. The number of rotatable bonds is 3. The van der Waals surface area contributed by atoms with Crippen LogP contribution in [-0.4, -0.2) is 5.11 Å². The Kier molecular flexibility index (Phi) is 3.68. The van der Waals surface area contributed by atoms with Gasteiger partial charge < -0.3 is 5.11 Å². The molecule has 0 atom stereocenters. The van der Waals surface area contributed by atoms with E-state index in [-0.39, 0.29) is 5.75 Å². The third kappa shape index (κ3) is 2.53. The maximum atomic E-state index is 9.52. The van der Waals surface area contributed by atoms with Crippen molar-refractivity contribution in [2.75, 3.05) is 0 Å². The van der Waals surface area contributed by atoms with E-state index in [4.69, 9.17) is 11.6 Å². The largest absolute Gasteiger partial charge is 0.508 e. The van der Waals surface area contributed by atoms with E-state index in [1.54, 1.807) is 12.1 Å². The first-order valence-electron chi connectivity index (χ1n) is 6.81. The lowest BCUT2D eigenvalue weighted by molar-refractivity contribution is 0.475. The van der Waals surface area contributed by atoms with Crippen LogP contribution in [0.15, 0.2) is 84.9 Å². The van der Waals surface area contributed by atoms with Gasteiger partial charge in [-0.05, 0) is 28.8 Å². The monoisotopic (exact) mass is 294 g/mol. The molecule has 0 spiro atoms. The molecule has 0 amide bonds. The van der Waals surface area contributed by atoms with Gasteiger partial charge in [-0.15, -0.1) is 11.6 Å². The third-order valence-electron chi connectivity index (χ3n) is 3.61. The van der Waals surface area contributed by atoms with Crippen molar-refractivity contribution in [2.24, 2.45) is 0 Å². The van der Waals surface area contributed by atoms with Crippen LogP contribution < -0.4 is 0 Å². The molecule has 0 unspecified atom stereocenters. The molecular formula is C19H15ClO. The summed E-state index contributed by atoms with van der Waals surface area (Å²) in [7, 11) is 0. The first-order valence-corrected chi connectivity index (χ1v) is 7.18. The molecule has 0 aromatic heterocycles. The number of phenolic OH excluding ortho intramolecular Hbond substituents is 1. The van der Waals surface area contributed by atoms with Crippen molar-refractivity contribution in [2.45, 2.75) is 4.87 Å². The van der Waals surface area contributed by atoms with Crippen LogP contribution in [0, 0.1) is 0 Å². The van der Waals surface area contributed by atoms with Crippen molar-refractivity contribution in [3.8, 4) is 5.75 Å². The van der Waals surface area contributed by atoms with Crippen LogP contribution in [0.4, 0.5) is 0 Å². The molecule has 0 saturated heterocycles. The maximum absolute atomic E-state index is 9.52. The van der Waals surface area contributed by atoms with Crippen LogP contribution in [-0.2, 0) is 4.87 Å². The minimum Gasteiger partial charge on any atom is -0.508 e. The van der Waals surface area contributed by atoms with Crippen molar-refractivity contribution >= 4 is 11.6 Å². The molecule has 1 N–H and O–H groups in total. The maximum Gasteiger partial charge on any atom is 0.119 e. The number of benzene rings is 3. The molecule has 3 aromatic rings. The van der Waals surface area contributed by atoms with Crippen LogP contribution in [0.2, 0.25) is 0 Å². The molecule has 0 fully saturated rings. The topological polar surface area (TPSA) is 20.2 Å². The van der Waals surface area contributed by atoms with Gasteiger partial charge in [0.05, 0.1) is 0 Å². The first kappa shape index (κ1) is 13.7. The molecule has 2 heteroatoms. The summed E-state index contributed by atoms with van der Waals surface area (Å²) in [4.78, 5) is -0.768. The summed E-state index contributed by atoms with van der Waals surface area (Å²) in [5, 5.41) is 9.52. The molecule has 1 nitrogen and oxygen atoms in total. The highest BCUT2D eigenvalue weighted by Gasteiger charge is 2.33. The summed E-state index contributed by atoms with van der Waals surface area (Å²) >= 11 is 7.09. The van der Waals surface area contributed by atoms with Gasteiger partial charge in [-0.2, -0.15) is 0 Å². The molecular weight excluding hydrogens is 280 g/mol. The average molecular weight is 295 g/mol. The standard InChI is InChI=1S/C19H15ClO/c20-19(15-7-3-1-4-8-15,16-9-5-2-6-10-16)17-11-13-18(21)14-12-17/h1-14,21H. The van der Waals surface area contributed by atoms with E-state index in [9.17, 15) is 5.11 Å². The Balaban J connectivity index is 2.23. The number of phenols is 1. The quantitative estimate of drug-likeness (QED) is 0.537. The Hall–Kier alpha value is -2.25. The predicted molar refractivity (Wildman–Crippen MR) is 86.7 cm³/mol. The summed E-state index contributed by atoms with van der Waals surface area (Å²) in [6.45, 7) is 0. The number of hydrogen-bond acceptors (Lipinski definition) is 1. The van der Waals surface area contributed by atoms with Crippen molar-refractivity contribution in [3.63, 3.8) is 0 Å². The Bertz CT molecular complexity index is 666. The second-order valence-electron chi connectivity index (χ2n) is 4.94. The summed E-state index contributed by atoms with van der Waals surface area (Å²) in [6, 6.07) is 27.0. The average Bonchev–Trinajstić information content (AvgIpc) is 2.56. The molecule has 0 aliphatic carbocycles. The normalized spacial score (nSPS) is 11.3. The van der Waals surface area contributed by atoms with Gasteiger partial charge in [0.25, 0.3) is 0 Å². The molecule has 0 radical (unpaired) electrons. The number of aromatic hydroxyl groups is 1. The van der Waals surface area contributed by atoms with Crippen molar-refractivity contribution in [1.82, 2.24) is 0 Å². The summed E-state index contributed by atoms with van der Waals surface area (Å²) < 4.78 is 0. The van der Waals surface area contributed by atoms with E-state index in [1.165, 1.54) is 0 Å². The summed E-state index contributed by atoms with van der Waals surface area (Å²) in [5.74, 6) is 0.235. The second-order valence-corrected chi connectivity index (χ2v) is 5.50. The zero-order chi connectivity index (χ0) is 14.7. The molecule has 0 saturated carbocycles. The van der Waals surface area contributed by atoms with Gasteiger partial charge in [-0.25, -0.2) is 0 Å². The van der Waals surface area contributed by atoms with Gasteiger partial charge in [0.15, 0.2) is 0 Å². The minimum absolute atomic E-state index is 0.235. The van der Waals surface area contributed by atoms with Gasteiger partial charge in [-0.3, -0.25) is 0 Å². The van der Waals surface area contributed by atoms with E-state index >= 15 is 0 Å². The van der Waals surface area contributed by atoms with Crippen LogP contribution in [0.5, 0.6) is 5.75 Å². The fraction of sp³-hybridized carbons (Fsp3) is 0.0526. The molecule has 3 aromatic carbocycles. The van der Waals surface area contributed by atoms with Gasteiger partial charge in [0, 0.05) is 0 Å². The van der Waals surface area contributed by atoms with E-state index in [0.717, 1.165) is 16.7 Å². The molecule has 104 valence electrons. The molecule has 0 aliphatic heterocycles. The Morgan fingerprint density at radius 2 is 0.952 bits per heavy atom. The molecule has 3 rings (SSSR count). The Morgan fingerprint density at radius 3 is 1.38 bits per heavy atom. The highest BCUT2D eigenvalue weighted by Crippen LogP contribution is 2.43. The minimum atomic E-state index is -0.768. The lowest BCUT2D eigenvalue weighted by Gasteiger charge is -2.29. The SMILES string of the molecule is Oc1ccc(C(Cl)(c2ccccc2)c2ccccc2)cc1. The highest BCUT2D eigenvalue weighted by molar-refractivity contribution is 6.28. The zero-order valence-corrected chi connectivity index (χ0v) is 12.2. The number of alkyl halides is 1. The third-order valence-corrected chi connectivity index (χ3v) is 4.26. The Morgan fingerprint density at radius 1 is 0.571 bits per heavy atom. The van der Waals surface area contributed by atoms with Crippen LogP contribution in [0.25, 0.3) is 0 Å².